The van der Waals surface area contributed by atoms with Crippen molar-refractivity contribution in [2.45, 2.75) is 65.6 Å². The smallest absolute Gasteiger partial charge is 0.0249 e. The van der Waals surface area contributed by atoms with Gasteiger partial charge in [0, 0.05) is 31.2 Å². The summed E-state index contributed by atoms with van der Waals surface area (Å²) in [5.41, 5.74) is 0. The van der Waals surface area contributed by atoms with Gasteiger partial charge in [-0.2, -0.15) is 0 Å². The van der Waals surface area contributed by atoms with Crippen molar-refractivity contribution in [3.8, 4) is 0 Å². The molecule has 0 aromatic heterocycles. The molecule has 0 aromatic rings. The zero-order chi connectivity index (χ0) is 11.4. The molecule has 0 spiro atoms. The van der Waals surface area contributed by atoms with Gasteiger partial charge >= 0.3 is 0 Å². The first-order chi connectivity index (χ1) is 7.10. The van der Waals surface area contributed by atoms with Crippen molar-refractivity contribution >= 4 is 0 Å². The van der Waals surface area contributed by atoms with Crippen molar-refractivity contribution in [2.24, 2.45) is 5.92 Å². The molecule has 15 heavy (non-hydrogen) atoms. The quantitative estimate of drug-likeness (QED) is 0.770. The maximum absolute atomic E-state index is 3.61. The van der Waals surface area contributed by atoms with Crippen molar-refractivity contribution in [3.63, 3.8) is 0 Å². The molecule has 1 aliphatic heterocycles. The molecule has 1 N–H and O–H groups in total. The minimum atomic E-state index is 0.652. The van der Waals surface area contributed by atoms with Gasteiger partial charge < -0.3 is 5.32 Å². The first-order valence-electron chi connectivity index (χ1n) is 6.59. The van der Waals surface area contributed by atoms with E-state index in [1.165, 1.54) is 25.9 Å². The fourth-order valence-electron chi connectivity index (χ4n) is 2.50. The summed E-state index contributed by atoms with van der Waals surface area (Å²) in [4.78, 5) is 2.72. The predicted octanol–water partition coefficient (Wildman–Crippen LogP) is 2.49. The Hall–Kier alpha value is -0.0800. The predicted molar refractivity (Wildman–Crippen MR) is 67.2 cm³/mol. The van der Waals surface area contributed by atoms with E-state index in [0.29, 0.717) is 6.04 Å². The zero-order valence-electron chi connectivity index (χ0n) is 11.1. The van der Waals surface area contributed by atoms with Crippen molar-refractivity contribution in [1.29, 1.82) is 0 Å². The maximum Gasteiger partial charge on any atom is 0.0249 e. The second-order valence-corrected chi connectivity index (χ2v) is 5.22. The second-order valence-electron chi connectivity index (χ2n) is 5.22. The van der Waals surface area contributed by atoms with Crippen LogP contribution in [0, 0.1) is 5.92 Å². The van der Waals surface area contributed by atoms with E-state index in [1.54, 1.807) is 0 Å². The highest BCUT2D eigenvalue weighted by molar-refractivity contribution is 4.89. The first-order valence-corrected chi connectivity index (χ1v) is 6.59. The van der Waals surface area contributed by atoms with Crippen LogP contribution in [0.4, 0.5) is 0 Å². The van der Waals surface area contributed by atoms with E-state index in [4.69, 9.17) is 0 Å². The Morgan fingerprint density at radius 1 is 1.27 bits per heavy atom. The van der Waals surface area contributed by atoms with Crippen LogP contribution >= 0.6 is 0 Å². The van der Waals surface area contributed by atoms with Crippen molar-refractivity contribution in [3.05, 3.63) is 0 Å². The Balaban J connectivity index is 2.65. The van der Waals surface area contributed by atoms with Gasteiger partial charge in [0.15, 0.2) is 0 Å². The number of hydrogen-bond acceptors (Lipinski definition) is 2. The van der Waals surface area contributed by atoms with Crippen LogP contribution in [0.15, 0.2) is 0 Å². The molecular weight excluding hydrogens is 184 g/mol. The highest BCUT2D eigenvalue weighted by Gasteiger charge is 2.31. The van der Waals surface area contributed by atoms with Crippen LogP contribution < -0.4 is 5.32 Å². The van der Waals surface area contributed by atoms with Crippen molar-refractivity contribution in [2.75, 3.05) is 13.1 Å². The Morgan fingerprint density at radius 2 is 1.93 bits per heavy atom. The zero-order valence-corrected chi connectivity index (χ0v) is 11.1. The normalized spacial score (nSPS) is 32.6. The molecule has 1 aliphatic rings. The van der Waals surface area contributed by atoms with Crippen LogP contribution in [-0.2, 0) is 0 Å². The fraction of sp³-hybridized carbons (Fsp3) is 1.00. The summed E-state index contributed by atoms with van der Waals surface area (Å²) in [5.74, 6) is 0.805. The Kier molecular flexibility index (Phi) is 5.07. The van der Waals surface area contributed by atoms with Crippen LogP contribution in [-0.4, -0.2) is 36.1 Å². The minimum absolute atomic E-state index is 0.652. The average Bonchev–Trinajstić information content (AvgIpc) is 2.26. The summed E-state index contributed by atoms with van der Waals surface area (Å²) >= 11 is 0. The van der Waals surface area contributed by atoms with E-state index in [2.05, 4.69) is 44.8 Å². The van der Waals surface area contributed by atoms with E-state index < -0.39 is 0 Å². The number of piperazine rings is 1. The maximum atomic E-state index is 3.61. The second kappa shape index (κ2) is 5.86. The Bertz CT molecular complexity index is 181. The molecule has 90 valence electrons. The van der Waals surface area contributed by atoms with Gasteiger partial charge in [0.25, 0.3) is 0 Å². The lowest BCUT2D eigenvalue weighted by Gasteiger charge is -2.45. The molecule has 1 saturated heterocycles. The Labute approximate surface area is 95.4 Å². The van der Waals surface area contributed by atoms with Gasteiger partial charge in [0.2, 0.25) is 0 Å². The van der Waals surface area contributed by atoms with E-state index in [0.717, 1.165) is 18.0 Å². The Morgan fingerprint density at radius 3 is 2.47 bits per heavy atom. The van der Waals surface area contributed by atoms with Crippen LogP contribution in [0.2, 0.25) is 0 Å². The van der Waals surface area contributed by atoms with Crippen LogP contribution in [0.1, 0.15) is 47.5 Å². The summed E-state index contributed by atoms with van der Waals surface area (Å²) in [5, 5.41) is 3.61. The first kappa shape index (κ1) is 13.0. The third-order valence-corrected chi connectivity index (χ3v) is 4.04. The summed E-state index contributed by atoms with van der Waals surface area (Å²) in [6.07, 6.45) is 2.55. The molecule has 4 atom stereocenters. The van der Waals surface area contributed by atoms with Gasteiger partial charge in [-0.05, 0) is 26.2 Å². The van der Waals surface area contributed by atoms with Gasteiger partial charge in [-0.1, -0.05) is 27.2 Å². The summed E-state index contributed by atoms with van der Waals surface area (Å²) in [7, 11) is 0. The van der Waals surface area contributed by atoms with Crippen molar-refractivity contribution < 1.29 is 0 Å². The summed E-state index contributed by atoms with van der Waals surface area (Å²) in [6, 6.07) is 2.12. The van der Waals surface area contributed by atoms with Crippen molar-refractivity contribution in [1.82, 2.24) is 10.2 Å². The topological polar surface area (TPSA) is 15.3 Å². The molecule has 0 bridgehead atoms. The number of nitrogens with zero attached hydrogens (tertiary/aromatic N) is 1. The number of nitrogens with one attached hydrogen (secondary N) is 1. The molecule has 2 heteroatoms. The minimum Gasteiger partial charge on any atom is -0.311 e. The molecular formula is C13H28N2. The van der Waals surface area contributed by atoms with Crippen LogP contribution in [0.3, 0.4) is 0 Å². The monoisotopic (exact) mass is 212 g/mol. The molecule has 1 fully saturated rings. The third-order valence-electron chi connectivity index (χ3n) is 4.04. The largest absolute Gasteiger partial charge is 0.311 e. The lowest BCUT2D eigenvalue weighted by Crippen LogP contribution is -2.59. The lowest BCUT2D eigenvalue weighted by atomic mass is 9.93. The molecule has 4 unspecified atom stereocenters. The summed E-state index contributed by atoms with van der Waals surface area (Å²) < 4.78 is 0. The average molecular weight is 212 g/mol. The van der Waals surface area contributed by atoms with E-state index in [9.17, 15) is 0 Å². The molecule has 0 radical (unpaired) electrons. The lowest BCUT2D eigenvalue weighted by molar-refractivity contribution is 0.0586. The molecule has 2 nitrogen and oxygen atoms in total. The van der Waals surface area contributed by atoms with Gasteiger partial charge in [-0.3, -0.25) is 4.90 Å². The molecule has 0 aromatic carbocycles. The van der Waals surface area contributed by atoms with Crippen LogP contribution in [0.25, 0.3) is 0 Å². The van der Waals surface area contributed by atoms with Gasteiger partial charge in [-0.15, -0.1) is 0 Å². The molecule has 1 rings (SSSR count). The van der Waals surface area contributed by atoms with E-state index in [1.807, 2.05) is 0 Å². The van der Waals surface area contributed by atoms with E-state index in [-0.39, 0.29) is 0 Å². The standard InChI is InChI=1S/C13H28N2/c1-6-10(3)13-8-14-11(4)9-15(13)12(5)7-2/h10-14H,6-9H2,1-5H3. The van der Waals surface area contributed by atoms with Gasteiger partial charge in [0.1, 0.15) is 0 Å². The van der Waals surface area contributed by atoms with Crippen LogP contribution in [0.5, 0.6) is 0 Å². The molecule has 1 heterocycles. The molecule has 0 aliphatic carbocycles. The molecule has 0 amide bonds. The fourth-order valence-corrected chi connectivity index (χ4v) is 2.50. The number of rotatable bonds is 4. The highest BCUT2D eigenvalue weighted by Crippen LogP contribution is 2.21. The highest BCUT2D eigenvalue weighted by atomic mass is 15.3. The summed E-state index contributed by atoms with van der Waals surface area (Å²) in [6.45, 7) is 14.0. The SMILES string of the molecule is CCC(C)C1CNC(C)CN1C(C)CC. The number of hydrogen-bond donors (Lipinski definition) is 1. The molecule has 0 saturated carbocycles. The third kappa shape index (κ3) is 3.18. The van der Waals surface area contributed by atoms with E-state index >= 15 is 0 Å². The van der Waals surface area contributed by atoms with Gasteiger partial charge in [-0.25, -0.2) is 0 Å². The van der Waals surface area contributed by atoms with Gasteiger partial charge in [0.05, 0.1) is 0 Å².